The quantitative estimate of drug-likeness (QED) is 0.414. The summed E-state index contributed by atoms with van der Waals surface area (Å²) in [5.41, 5.74) is 1.97. The van der Waals surface area contributed by atoms with Crippen molar-refractivity contribution in [2.75, 3.05) is 5.32 Å². The number of fused-ring (bicyclic) bond motifs is 1. The summed E-state index contributed by atoms with van der Waals surface area (Å²) < 4.78 is 5.84. The number of nitrogens with one attached hydrogen (secondary N) is 2. The highest BCUT2D eigenvalue weighted by molar-refractivity contribution is 8.14. The van der Waals surface area contributed by atoms with Gasteiger partial charge in [-0.2, -0.15) is 0 Å². The smallest absolute Gasteiger partial charge is 0.299 e. The average molecular weight is 457 g/mol. The molecule has 31 heavy (non-hydrogen) atoms. The molecule has 2 N–H and O–H groups in total. The molecular weight excluding hydrogens is 432 g/mol. The second-order valence-corrected chi connectivity index (χ2v) is 8.09. The average Bonchev–Trinajstić information content (AvgIpc) is 3.23. The zero-order chi connectivity index (χ0) is 22.8. The molecule has 2 heterocycles. The van der Waals surface area contributed by atoms with Gasteiger partial charge in [-0.05, 0) is 24.6 Å². The molecule has 8 heteroatoms. The van der Waals surface area contributed by atoms with Crippen molar-refractivity contribution in [3.63, 3.8) is 0 Å². The number of aromatic nitrogens is 1. The first kappa shape index (κ1) is 24.3. The van der Waals surface area contributed by atoms with Crippen LogP contribution in [0.2, 0.25) is 0 Å². The number of thioether (sulfide) groups is 1. The van der Waals surface area contributed by atoms with Crippen molar-refractivity contribution in [3.05, 3.63) is 59.0 Å². The molecule has 0 aliphatic carbocycles. The Labute approximate surface area is 192 Å². The highest BCUT2D eigenvalue weighted by atomic mass is 35.5. The van der Waals surface area contributed by atoms with Gasteiger partial charge in [-0.1, -0.05) is 54.6 Å². The lowest BCUT2D eigenvalue weighted by Crippen LogP contribution is -2.26. The number of allylic oxidation sites excluding steroid dienone is 4. The third-order valence-electron chi connectivity index (χ3n) is 4.22. The number of benzene rings is 1. The largest absolute Gasteiger partial charge is 0.428 e. The summed E-state index contributed by atoms with van der Waals surface area (Å²) in [5, 5.41) is 7.36. The van der Waals surface area contributed by atoms with Gasteiger partial charge in [0.25, 0.3) is 6.01 Å². The predicted octanol–water partition coefficient (Wildman–Crippen LogP) is 5.96. The number of amidine groups is 1. The second-order valence-electron chi connectivity index (χ2n) is 6.58. The zero-order valence-corrected chi connectivity index (χ0v) is 19.3. The van der Waals surface area contributed by atoms with Gasteiger partial charge >= 0.3 is 0 Å². The van der Waals surface area contributed by atoms with Crippen LogP contribution in [0.4, 0.5) is 11.7 Å². The fourth-order valence-corrected chi connectivity index (χ4v) is 3.71. The van der Waals surface area contributed by atoms with E-state index in [9.17, 15) is 4.79 Å². The van der Waals surface area contributed by atoms with E-state index in [0.29, 0.717) is 24.1 Å². The van der Waals surface area contributed by atoms with E-state index in [4.69, 9.17) is 16.0 Å². The number of carbonyl (C=O) groups is 1. The number of anilines is 2. The number of hydrogen-bond donors (Lipinski definition) is 2. The van der Waals surface area contributed by atoms with E-state index in [-0.39, 0.29) is 11.8 Å². The number of terminal acetylenes is 1. The van der Waals surface area contributed by atoms with Crippen LogP contribution in [0.5, 0.6) is 0 Å². The van der Waals surface area contributed by atoms with Crippen LogP contribution in [-0.4, -0.2) is 16.1 Å². The predicted molar refractivity (Wildman–Crippen MR) is 129 cm³/mol. The van der Waals surface area contributed by atoms with Crippen LogP contribution in [-0.2, 0) is 11.3 Å². The van der Waals surface area contributed by atoms with Crippen molar-refractivity contribution in [1.82, 2.24) is 10.3 Å². The van der Waals surface area contributed by atoms with Gasteiger partial charge in [0.05, 0.1) is 12.7 Å². The minimum atomic E-state index is -0.127. The highest BCUT2D eigenvalue weighted by Crippen LogP contribution is 2.32. The Morgan fingerprint density at radius 2 is 2.19 bits per heavy atom. The molecule has 1 atom stereocenters. The number of nitrogens with zero attached hydrogens (tertiary/aromatic N) is 2. The number of halogens is 1. The van der Waals surface area contributed by atoms with E-state index in [0.717, 1.165) is 26.9 Å². The summed E-state index contributed by atoms with van der Waals surface area (Å²) in [4.78, 5) is 21.0. The number of aliphatic imine (C=N–C) groups is 1. The molecule has 0 saturated heterocycles. The molecule has 0 spiro atoms. The fraction of sp³-hybridized carbons (Fsp3) is 0.261. The zero-order valence-electron chi connectivity index (χ0n) is 17.7. The lowest BCUT2D eigenvalue weighted by Gasteiger charge is -2.16. The molecule has 1 aliphatic rings. The van der Waals surface area contributed by atoms with Gasteiger partial charge in [0, 0.05) is 34.9 Å². The summed E-state index contributed by atoms with van der Waals surface area (Å²) in [6.07, 6.45) is 16.4. The lowest BCUT2D eigenvalue weighted by atomic mass is 10.1. The van der Waals surface area contributed by atoms with Gasteiger partial charge in [-0.25, -0.2) is 4.98 Å². The second kappa shape index (κ2) is 12.0. The van der Waals surface area contributed by atoms with Crippen LogP contribution in [0.1, 0.15) is 44.4 Å². The summed E-state index contributed by atoms with van der Waals surface area (Å²) in [6.45, 7) is 5.98. The Balaban J connectivity index is 0.00000166. The van der Waals surface area contributed by atoms with Crippen LogP contribution in [0.25, 0.3) is 0 Å². The van der Waals surface area contributed by atoms with Crippen molar-refractivity contribution < 1.29 is 9.21 Å². The van der Waals surface area contributed by atoms with Crippen molar-refractivity contribution >= 4 is 46.1 Å². The maximum Gasteiger partial charge on any atom is 0.299 e. The molecule has 2 aromatic rings. The Morgan fingerprint density at radius 1 is 1.42 bits per heavy atom. The van der Waals surface area contributed by atoms with Crippen molar-refractivity contribution in [2.24, 2.45) is 4.99 Å². The van der Waals surface area contributed by atoms with E-state index < -0.39 is 0 Å². The van der Waals surface area contributed by atoms with Gasteiger partial charge in [0.1, 0.15) is 5.76 Å². The third kappa shape index (κ3) is 7.35. The van der Waals surface area contributed by atoms with Crippen LogP contribution < -0.4 is 10.6 Å². The fourth-order valence-electron chi connectivity index (χ4n) is 2.64. The molecule has 162 valence electrons. The van der Waals surface area contributed by atoms with E-state index >= 15 is 0 Å². The first-order valence-corrected chi connectivity index (χ1v) is 10.8. The summed E-state index contributed by atoms with van der Waals surface area (Å²) in [5.74, 6) is 0.736. The van der Waals surface area contributed by atoms with Crippen LogP contribution in [0, 0.1) is 12.8 Å². The summed E-state index contributed by atoms with van der Waals surface area (Å²) >= 11 is 7.44. The Hall–Kier alpha value is -2.95. The Kier molecular flexibility index (Phi) is 9.44. The van der Waals surface area contributed by atoms with Crippen LogP contribution in [0.15, 0.2) is 62.0 Å². The standard InChI is InChI=1S/C21H23ClN4O2S.C2H2/c1-4-16(22)7-5-6-13(2)18-12-23-20(28-18)26-17-9-8-15-11-24-21(25-14(3)27)29-19(15)10-17;1-2/h4-6,8-10,12-13H,7,11H2,1-3H3,(H,23,26)(H,24,25,27);1-2H/b6-5-,16-4+;. The normalized spacial score (nSPS) is 14.1. The molecule has 0 fully saturated rings. The van der Waals surface area contributed by atoms with Crippen molar-refractivity contribution in [2.45, 2.75) is 44.6 Å². The van der Waals surface area contributed by atoms with Gasteiger partial charge in [-0.3, -0.25) is 9.79 Å². The molecule has 1 aromatic carbocycles. The molecule has 0 saturated carbocycles. The van der Waals surface area contributed by atoms with Crippen molar-refractivity contribution in [3.8, 4) is 12.8 Å². The Bertz CT molecular complexity index is 1020. The summed E-state index contributed by atoms with van der Waals surface area (Å²) in [7, 11) is 0. The molecule has 1 unspecified atom stereocenters. The highest BCUT2D eigenvalue weighted by Gasteiger charge is 2.16. The van der Waals surface area contributed by atoms with Crippen molar-refractivity contribution in [1.29, 1.82) is 0 Å². The van der Waals surface area contributed by atoms with E-state index in [2.05, 4.69) is 39.5 Å². The number of rotatable bonds is 6. The number of amides is 1. The van der Waals surface area contributed by atoms with E-state index in [1.54, 1.807) is 6.20 Å². The molecule has 3 rings (SSSR count). The molecule has 1 amide bonds. The molecule has 1 aromatic heterocycles. The molecular formula is C23H25ClN4O2S. The number of hydrogen-bond acceptors (Lipinski definition) is 6. The topological polar surface area (TPSA) is 79.5 Å². The molecule has 1 aliphatic heterocycles. The maximum absolute atomic E-state index is 11.3. The Morgan fingerprint density at radius 3 is 2.90 bits per heavy atom. The first-order valence-electron chi connectivity index (χ1n) is 9.61. The SMILES string of the molecule is C#C.C/C=C(/Cl)C/C=C\C(C)c1cnc(Nc2ccc3c(c2)SC(NC(C)=O)=NC3)o1. The third-order valence-corrected chi connectivity index (χ3v) is 5.62. The number of carbonyl (C=O) groups excluding carboxylic acids is 1. The van der Waals surface area contributed by atoms with Gasteiger partial charge in [0.2, 0.25) is 5.91 Å². The van der Waals surface area contributed by atoms with Gasteiger partial charge in [0.15, 0.2) is 5.17 Å². The van der Waals surface area contributed by atoms with E-state index in [1.807, 2.05) is 44.2 Å². The van der Waals surface area contributed by atoms with E-state index in [1.165, 1.54) is 18.7 Å². The van der Waals surface area contributed by atoms with Crippen LogP contribution in [0.3, 0.4) is 0 Å². The van der Waals surface area contributed by atoms with Gasteiger partial charge < -0.3 is 15.1 Å². The number of oxazole rings is 1. The van der Waals surface area contributed by atoms with Gasteiger partial charge in [-0.15, -0.1) is 12.8 Å². The molecule has 0 radical (unpaired) electrons. The monoisotopic (exact) mass is 456 g/mol. The minimum absolute atomic E-state index is 0.0925. The van der Waals surface area contributed by atoms with Crippen LogP contribution >= 0.6 is 23.4 Å². The first-order chi connectivity index (χ1) is 14.9. The summed E-state index contributed by atoms with van der Waals surface area (Å²) in [6, 6.07) is 6.41. The minimum Gasteiger partial charge on any atom is -0.428 e. The molecule has 0 bridgehead atoms. The molecule has 6 nitrogen and oxygen atoms in total. The maximum atomic E-state index is 11.3. The lowest BCUT2D eigenvalue weighted by molar-refractivity contribution is -0.117.